The van der Waals surface area contributed by atoms with Crippen LogP contribution in [0.25, 0.3) is 0 Å². The number of carbonyl (C=O) groups is 1. The van der Waals surface area contributed by atoms with E-state index < -0.39 is 5.54 Å². The van der Waals surface area contributed by atoms with Gasteiger partial charge in [-0.05, 0) is 64.8 Å². The fourth-order valence-corrected chi connectivity index (χ4v) is 2.83. The maximum Gasteiger partial charge on any atom is 0.326 e. The third-order valence-corrected chi connectivity index (χ3v) is 4.74. The van der Waals surface area contributed by atoms with Gasteiger partial charge >= 0.3 is 5.97 Å². The number of esters is 1. The number of nitrogens with one attached hydrogen (secondary N) is 1. The van der Waals surface area contributed by atoms with E-state index in [1.54, 1.807) is 7.05 Å². The van der Waals surface area contributed by atoms with E-state index in [0.717, 1.165) is 32.3 Å². The minimum atomic E-state index is -0.603. The Hall–Kier alpha value is -0.610. The average Bonchev–Trinajstić information content (AvgIpc) is 2.45. The molecule has 1 aliphatic carbocycles. The monoisotopic (exact) mass is 299 g/mol. The molecule has 0 aromatic heterocycles. The van der Waals surface area contributed by atoms with Crippen molar-refractivity contribution >= 4 is 5.97 Å². The van der Waals surface area contributed by atoms with Crippen molar-refractivity contribution < 1.29 is 14.3 Å². The van der Waals surface area contributed by atoms with Crippen molar-refractivity contribution in [2.24, 2.45) is 5.41 Å². The van der Waals surface area contributed by atoms with Crippen LogP contribution in [0.5, 0.6) is 0 Å². The molecule has 21 heavy (non-hydrogen) atoms. The third kappa shape index (κ3) is 5.95. The first-order valence-electron chi connectivity index (χ1n) is 8.31. The van der Waals surface area contributed by atoms with Gasteiger partial charge in [-0.3, -0.25) is 4.79 Å². The highest BCUT2D eigenvalue weighted by Gasteiger charge is 2.32. The Balaban J connectivity index is 2.25. The van der Waals surface area contributed by atoms with Crippen molar-refractivity contribution in [1.82, 2.24) is 5.32 Å². The maximum atomic E-state index is 11.9. The molecule has 0 bridgehead atoms. The van der Waals surface area contributed by atoms with Crippen molar-refractivity contribution in [2.45, 2.75) is 77.9 Å². The molecular weight excluding hydrogens is 266 g/mol. The second-order valence-electron chi connectivity index (χ2n) is 7.14. The van der Waals surface area contributed by atoms with Gasteiger partial charge in [0, 0.05) is 6.61 Å². The molecule has 1 fully saturated rings. The molecule has 1 unspecified atom stereocenters. The predicted octanol–water partition coefficient (Wildman–Crippen LogP) is 3.29. The predicted molar refractivity (Wildman–Crippen MR) is 85.3 cm³/mol. The van der Waals surface area contributed by atoms with Crippen LogP contribution in [0.1, 0.15) is 66.2 Å². The van der Waals surface area contributed by atoms with Crippen LogP contribution >= 0.6 is 0 Å². The van der Waals surface area contributed by atoms with Gasteiger partial charge in [-0.1, -0.05) is 13.8 Å². The molecule has 4 nitrogen and oxygen atoms in total. The molecule has 0 radical (unpaired) electrons. The van der Waals surface area contributed by atoms with Gasteiger partial charge in [0.05, 0.1) is 12.7 Å². The van der Waals surface area contributed by atoms with Gasteiger partial charge in [-0.2, -0.15) is 0 Å². The highest BCUT2D eigenvalue weighted by Crippen LogP contribution is 2.36. The first kappa shape index (κ1) is 18.4. The standard InChI is InChI=1S/C17H33NO3/c1-6-20-15(19)17(4,18-5)10-7-13-21-14-8-11-16(2,3)12-9-14/h14,18H,6-13H2,1-5H3. The summed E-state index contributed by atoms with van der Waals surface area (Å²) < 4.78 is 11.1. The lowest BCUT2D eigenvalue weighted by Crippen LogP contribution is -2.48. The van der Waals surface area contributed by atoms with E-state index in [4.69, 9.17) is 9.47 Å². The Morgan fingerprint density at radius 2 is 1.95 bits per heavy atom. The smallest absolute Gasteiger partial charge is 0.326 e. The van der Waals surface area contributed by atoms with Gasteiger partial charge in [0.1, 0.15) is 5.54 Å². The molecule has 0 saturated heterocycles. The Bertz CT molecular complexity index is 320. The molecule has 1 atom stereocenters. The minimum absolute atomic E-state index is 0.174. The van der Waals surface area contributed by atoms with E-state index in [1.165, 1.54) is 12.8 Å². The second kappa shape index (κ2) is 8.14. The number of ether oxygens (including phenoxy) is 2. The average molecular weight is 299 g/mol. The summed E-state index contributed by atoms with van der Waals surface area (Å²) in [6, 6.07) is 0. The molecule has 0 aliphatic heterocycles. The first-order chi connectivity index (χ1) is 9.83. The Labute approximate surface area is 130 Å². The van der Waals surface area contributed by atoms with E-state index in [0.29, 0.717) is 18.1 Å². The van der Waals surface area contributed by atoms with E-state index in [-0.39, 0.29) is 5.97 Å². The fourth-order valence-electron chi connectivity index (χ4n) is 2.83. The molecule has 0 heterocycles. The van der Waals surface area contributed by atoms with E-state index in [2.05, 4.69) is 19.2 Å². The molecule has 0 aromatic rings. The first-order valence-corrected chi connectivity index (χ1v) is 8.31. The van der Waals surface area contributed by atoms with Crippen molar-refractivity contribution in [3.05, 3.63) is 0 Å². The Morgan fingerprint density at radius 1 is 1.33 bits per heavy atom. The molecule has 1 N–H and O–H groups in total. The molecule has 4 heteroatoms. The lowest BCUT2D eigenvalue weighted by atomic mass is 9.76. The lowest BCUT2D eigenvalue weighted by Gasteiger charge is -2.34. The van der Waals surface area contributed by atoms with Gasteiger partial charge < -0.3 is 14.8 Å². The number of rotatable bonds is 8. The van der Waals surface area contributed by atoms with Crippen LogP contribution in [0, 0.1) is 5.41 Å². The van der Waals surface area contributed by atoms with Crippen LogP contribution in [0.15, 0.2) is 0 Å². The summed E-state index contributed by atoms with van der Waals surface area (Å²) >= 11 is 0. The lowest BCUT2D eigenvalue weighted by molar-refractivity contribution is -0.150. The molecule has 124 valence electrons. The number of likely N-dealkylation sites (N-methyl/N-ethyl adjacent to an activating group) is 1. The highest BCUT2D eigenvalue weighted by atomic mass is 16.5. The van der Waals surface area contributed by atoms with Crippen molar-refractivity contribution in [3.63, 3.8) is 0 Å². The van der Waals surface area contributed by atoms with Gasteiger partial charge in [-0.15, -0.1) is 0 Å². The van der Waals surface area contributed by atoms with Crippen molar-refractivity contribution in [2.75, 3.05) is 20.3 Å². The van der Waals surface area contributed by atoms with Gasteiger partial charge in [0.15, 0.2) is 0 Å². The zero-order chi connectivity index (χ0) is 15.9. The largest absolute Gasteiger partial charge is 0.465 e. The Kier molecular flexibility index (Phi) is 7.14. The molecule has 1 aliphatic rings. The van der Waals surface area contributed by atoms with E-state index >= 15 is 0 Å². The summed E-state index contributed by atoms with van der Waals surface area (Å²) in [6.45, 7) is 9.55. The normalized spacial score (nSPS) is 21.8. The van der Waals surface area contributed by atoms with Gasteiger partial charge in [-0.25, -0.2) is 0 Å². The number of hydrogen-bond acceptors (Lipinski definition) is 4. The van der Waals surface area contributed by atoms with Crippen LogP contribution in [0.3, 0.4) is 0 Å². The van der Waals surface area contributed by atoms with Gasteiger partial charge in [0.25, 0.3) is 0 Å². The fraction of sp³-hybridized carbons (Fsp3) is 0.941. The van der Waals surface area contributed by atoms with Gasteiger partial charge in [0.2, 0.25) is 0 Å². The second-order valence-corrected chi connectivity index (χ2v) is 7.14. The summed E-state index contributed by atoms with van der Waals surface area (Å²) in [5.74, 6) is -0.174. The van der Waals surface area contributed by atoms with Crippen molar-refractivity contribution in [3.8, 4) is 0 Å². The van der Waals surface area contributed by atoms with Crippen LogP contribution < -0.4 is 5.32 Å². The number of hydrogen-bond donors (Lipinski definition) is 1. The van der Waals surface area contributed by atoms with E-state index in [1.807, 2.05) is 13.8 Å². The molecule has 0 aromatic carbocycles. The molecular formula is C17H33NO3. The summed E-state index contributed by atoms with van der Waals surface area (Å²) in [6.07, 6.45) is 6.82. The van der Waals surface area contributed by atoms with Crippen LogP contribution in [-0.2, 0) is 14.3 Å². The zero-order valence-electron chi connectivity index (χ0n) is 14.5. The summed E-state index contributed by atoms with van der Waals surface area (Å²) in [5, 5.41) is 3.08. The summed E-state index contributed by atoms with van der Waals surface area (Å²) in [7, 11) is 1.81. The van der Waals surface area contributed by atoms with Crippen LogP contribution in [0.2, 0.25) is 0 Å². The topological polar surface area (TPSA) is 47.6 Å². The van der Waals surface area contributed by atoms with Crippen LogP contribution in [0.4, 0.5) is 0 Å². The maximum absolute atomic E-state index is 11.9. The molecule has 0 amide bonds. The Morgan fingerprint density at radius 3 is 2.48 bits per heavy atom. The van der Waals surface area contributed by atoms with Crippen LogP contribution in [-0.4, -0.2) is 37.9 Å². The highest BCUT2D eigenvalue weighted by molar-refractivity contribution is 5.80. The third-order valence-electron chi connectivity index (χ3n) is 4.74. The molecule has 1 rings (SSSR count). The van der Waals surface area contributed by atoms with Crippen molar-refractivity contribution in [1.29, 1.82) is 0 Å². The van der Waals surface area contributed by atoms with E-state index in [9.17, 15) is 4.79 Å². The number of carbonyl (C=O) groups excluding carboxylic acids is 1. The SMILES string of the molecule is CCOC(=O)C(C)(CCCOC1CCC(C)(C)CC1)NC. The zero-order valence-corrected chi connectivity index (χ0v) is 14.5. The summed E-state index contributed by atoms with van der Waals surface area (Å²) in [5.41, 5.74) is -0.123. The molecule has 1 saturated carbocycles. The quantitative estimate of drug-likeness (QED) is 0.552. The summed E-state index contributed by atoms with van der Waals surface area (Å²) in [4.78, 5) is 11.9. The minimum Gasteiger partial charge on any atom is -0.465 e. The molecule has 0 spiro atoms.